The fourth-order valence-electron chi connectivity index (χ4n) is 13.1. The highest BCUT2D eigenvalue weighted by molar-refractivity contribution is 7.28. The van der Waals surface area contributed by atoms with E-state index in [0.29, 0.717) is 0 Å². The van der Waals surface area contributed by atoms with E-state index in [4.69, 9.17) is 0 Å². The molecule has 14 aromatic rings. The van der Waals surface area contributed by atoms with Gasteiger partial charge in [0, 0.05) is 75.7 Å². The maximum atomic E-state index is 2.63. The molecule has 1 aliphatic carbocycles. The average molecular weight is 1160 g/mol. The summed E-state index contributed by atoms with van der Waals surface area (Å²) in [5, 5.41) is 7.71. The lowest BCUT2D eigenvalue weighted by atomic mass is 9.70. The molecule has 6 aromatic carbocycles. The van der Waals surface area contributed by atoms with Gasteiger partial charge in [0.2, 0.25) is 0 Å². The molecule has 0 saturated carbocycles. The molecule has 0 unspecified atom stereocenters. The maximum absolute atomic E-state index is 2.63. The zero-order valence-electron chi connectivity index (χ0n) is 45.5. The quantitative estimate of drug-likeness (QED) is 0.0758. The Kier molecular flexibility index (Phi) is 13.5. The molecule has 0 bridgehead atoms. The smallest absolute Gasteiger partial charge is 0.101 e. The first-order chi connectivity index (χ1) is 40.0. The van der Waals surface area contributed by atoms with Crippen molar-refractivity contribution in [3.05, 3.63) is 217 Å². The Bertz CT molecular complexity index is 4210. The van der Waals surface area contributed by atoms with Gasteiger partial charge in [-0.05, 0) is 155 Å². The Morgan fingerprint density at radius 3 is 0.963 bits per heavy atom. The summed E-state index contributed by atoms with van der Waals surface area (Å²) >= 11 is 11.5. The average Bonchev–Trinajstić information content (AvgIpc) is 4.55. The van der Waals surface area contributed by atoms with Gasteiger partial charge in [-0.15, -0.1) is 68.0 Å². The van der Waals surface area contributed by atoms with Crippen LogP contribution in [0.5, 0.6) is 0 Å². The highest BCUT2D eigenvalue weighted by Gasteiger charge is 2.43. The van der Waals surface area contributed by atoms with Crippen LogP contribution in [-0.4, -0.2) is 9.13 Å². The molecule has 15 rings (SSSR count). The molecule has 398 valence electrons. The van der Waals surface area contributed by atoms with E-state index in [0.717, 1.165) is 0 Å². The molecule has 81 heavy (non-hydrogen) atoms. The molecular weight excluding hydrogens is 1100 g/mol. The van der Waals surface area contributed by atoms with Crippen molar-refractivity contribution in [2.75, 3.05) is 0 Å². The highest BCUT2D eigenvalue weighted by Crippen LogP contribution is 2.57. The van der Waals surface area contributed by atoms with Gasteiger partial charge in [-0.3, -0.25) is 0 Å². The van der Waals surface area contributed by atoms with Gasteiger partial charge in [0.25, 0.3) is 0 Å². The number of benzene rings is 6. The van der Waals surface area contributed by atoms with Gasteiger partial charge in [0.05, 0.1) is 22.1 Å². The Labute approximate surface area is 498 Å². The SMILES string of the molecule is CCCCCCC1(CCCCCC)c2cc(-c3ccc(-c4ccc(-c5ccc(-n6c7ccccc7c7ccccc76)s5)s4)s3)ccc2-c2ccc(-c3ccc(-c4ccc(-c5ccc(-n6c7ccccc7c7ccccc76)s5)s4)s3)cc21. The number of aromatic nitrogens is 2. The van der Waals surface area contributed by atoms with Crippen LogP contribution >= 0.6 is 68.0 Å². The summed E-state index contributed by atoms with van der Waals surface area (Å²) in [6.07, 6.45) is 12.5. The third kappa shape index (κ3) is 8.96. The molecule has 8 heterocycles. The third-order valence-corrected chi connectivity index (χ3v) is 24.4. The molecular formula is C73H60N2S6. The molecule has 0 radical (unpaired) electrons. The number of hydrogen-bond donors (Lipinski definition) is 0. The van der Waals surface area contributed by atoms with Crippen LogP contribution in [0.2, 0.25) is 0 Å². The van der Waals surface area contributed by atoms with Gasteiger partial charge in [-0.25, -0.2) is 0 Å². The van der Waals surface area contributed by atoms with E-state index in [1.165, 1.54) is 189 Å². The summed E-state index contributed by atoms with van der Waals surface area (Å²) in [5.74, 6) is 0. The monoisotopic (exact) mass is 1160 g/mol. The van der Waals surface area contributed by atoms with Crippen LogP contribution in [0.4, 0.5) is 0 Å². The Hall–Kier alpha value is -6.88. The molecule has 0 spiro atoms. The lowest BCUT2D eigenvalue weighted by Gasteiger charge is -2.33. The Morgan fingerprint density at radius 2 is 0.605 bits per heavy atom. The summed E-state index contributed by atoms with van der Waals surface area (Å²) in [6.45, 7) is 4.69. The van der Waals surface area contributed by atoms with Crippen LogP contribution < -0.4 is 0 Å². The molecule has 2 nitrogen and oxygen atoms in total. The van der Waals surface area contributed by atoms with Crippen molar-refractivity contribution in [2.24, 2.45) is 0 Å². The molecule has 8 heteroatoms. The number of hydrogen-bond acceptors (Lipinski definition) is 6. The van der Waals surface area contributed by atoms with Crippen molar-refractivity contribution >= 4 is 112 Å². The largest absolute Gasteiger partial charge is 0.301 e. The highest BCUT2D eigenvalue weighted by atomic mass is 32.1. The number of fused-ring (bicyclic) bond motifs is 9. The number of unbranched alkanes of at least 4 members (excludes halogenated alkanes) is 6. The zero-order valence-corrected chi connectivity index (χ0v) is 50.4. The van der Waals surface area contributed by atoms with Crippen molar-refractivity contribution in [3.8, 4) is 81.0 Å². The number of nitrogens with zero attached hydrogens (tertiary/aromatic N) is 2. The number of thiophene rings is 6. The minimum atomic E-state index is -0.0266. The maximum Gasteiger partial charge on any atom is 0.101 e. The van der Waals surface area contributed by atoms with Crippen LogP contribution in [0.25, 0.3) is 125 Å². The lowest BCUT2D eigenvalue weighted by molar-refractivity contribution is 0.401. The first-order valence-electron chi connectivity index (χ1n) is 28.9. The molecule has 0 saturated heterocycles. The van der Waals surface area contributed by atoms with E-state index < -0.39 is 0 Å². The first kappa shape index (κ1) is 51.0. The Morgan fingerprint density at radius 1 is 0.296 bits per heavy atom. The van der Waals surface area contributed by atoms with Crippen LogP contribution in [0.1, 0.15) is 89.2 Å². The molecule has 0 aliphatic heterocycles. The van der Waals surface area contributed by atoms with Gasteiger partial charge in [0.1, 0.15) is 10.0 Å². The second-order valence-corrected chi connectivity index (χ2v) is 28.4. The van der Waals surface area contributed by atoms with Gasteiger partial charge < -0.3 is 9.13 Å². The topological polar surface area (TPSA) is 9.86 Å². The van der Waals surface area contributed by atoms with Crippen LogP contribution in [-0.2, 0) is 5.41 Å². The minimum absolute atomic E-state index is 0.0266. The second kappa shape index (κ2) is 21.5. The van der Waals surface area contributed by atoms with Crippen LogP contribution in [0.15, 0.2) is 206 Å². The summed E-state index contributed by atoms with van der Waals surface area (Å²) in [6, 6.07) is 78.3. The van der Waals surface area contributed by atoms with E-state index in [2.05, 4.69) is 229 Å². The van der Waals surface area contributed by atoms with E-state index in [1.807, 2.05) is 68.0 Å². The third-order valence-electron chi connectivity index (χ3n) is 17.0. The molecule has 0 N–H and O–H groups in total. The minimum Gasteiger partial charge on any atom is -0.301 e. The molecule has 0 fully saturated rings. The van der Waals surface area contributed by atoms with Crippen LogP contribution in [0, 0.1) is 0 Å². The van der Waals surface area contributed by atoms with E-state index in [1.54, 1.807) is 11.1 Å². The van der Waals surface area contributed by atoms with E-state index in [-0.39, 0.29) is 5.41 Å². The molecule has 8 aromatic heterocycles. The lowest BCUT2D eigenvalue weighted by Crippen LogP contribution is -2.25. The standard InChI is InChI=1S/C73H60N2S6/c1-3-5-7-17-43-73(44-18-8-6-4-2)55-45-47(61-31-33-63(76-61)65-35-37-67(78-65)69-39-41-71(80-69)74-57-23-13-9-19-51(57)52-20-10-14-24-58(52)74)27-29-49(55)50-30-28-48(46-56(50)73)62-32-34-64(77-62)66-36-38-68(79-66)70-40-42-72(81-70)75-59-25-15-11-21-53(59)54-22-12-16-26-60(54)75/h9-16,19-42,45-46H,3-8,17-18,43-44H2,1-2H3. The predicted octanol–water partition coefficient (Wildman–Crippen LogP) is 24.5. The van der Waals surface area contributed by atoms with E-state index >= 15 is 0 Å². The second-order valence-electron chi connectivity index (χ2n) is 21.9. The molecule has 0 amide bonds. The van der Waals surface area contributed by atoms with Gasteiger partial charge in [0.15, 0.2) is 0 Å². The fourth-order valence-corrected chi connectivity index (χ4v) is 19.6. The van der Waals surface area contributed by atoms with Gasteiger partial charge in [-0.2, -0.15) is 0 Å². The van der Waals surface area contributed by atoms with E-state index in [9.17, 15) is 0 Å². The summed E-state index contributed by atoms with van der Waals surface area (Å²) in [5.41, 5.74) is 13.7. The number of rotatable bonds is 18. The normalized spacial score (nSPS) is 12.9. The van der Waals surface area contributed by atoms with Crippen molar-refractivity contribution in [2.45, 2.75) is 83.5 Å². The predicted molar refractivity (Wildman–Crippen MR) is 359 cm³/mol. The molecule has 1 aliphatic rings. The summed E-state index contributed by atoms with van der Waals surface area (Å²) in [4.78, 5) is 13.3. The summed E-state index contributed by atoms with van der Waals surface area (Å²) < 4.78 is 4.88. The van der Waals surface area contributed by atoms with Crippen molar-refractivity contribution in [1.29, 1.82) is 0 Å². The van der Waals surface area contributed by atoms with Crippen molar-refractivity contribution in [3.63, 3.8) is 0 Å². The Balaban J connectivity index is 0.723. The van der Waals surface area contributed by atoms with Crippen LogP contribution in [0.3, 0.4) is 0 Å². The zero-order chi connectivity index (χ0) is 54.0. The molecule has 0 atom stereocenters. The fraction of sp³-hybridized carbons (Fsp3) is 0.178. The summed E-state index contributed by atoms with van der Waals surface area (Å²) in [7, 11) is 0. The number of para-hydroxylation sites is 4. The van der Waals surface area contributed by atoms with Gasteiger partial charge >= 0.3 is 0 Å². The first-order valence-corrected chi connectivity index (χ1v) is 33.8. The van der Waals surface area contributed by atoms with Crippen molar-refractivity contribution in [1.82, 2.24) is 9.13 Å². The van der Waals surface area contributed by atoms with Gasteiger partial charge in [-0.1, -0.05) is 162 Å². The van der Waals surface area contributed by atoms with Crippen molar-refractivity contribution < 1.29 is 0 Å².